The summed E-state index contributed by atoms with van der Waals surface area (Å²) in [6.07, 6.45) is 7.89. The van der Waals surface area contributed by atoms with E-state index in [1.165, 1.54) is 12.8 Å². The number of carbonyl (C=O) groups excluding carboxylic acids is 1. The van der Waals surface area contributed by atoms with Gasteiger partial charge in [0.1, 0.15) is 5.82 Å². The van der Waals surface area contributed by atoms with Crippen LogP contribution in [0.25, 0.3) is 0 Å². The minimum atomic E-state index is -0.0301. The zero-order valence-electron chi connectivity index (χ0n) is 9.33. The summed E-state index contributed by atoms with van der Waals surface area (Å²) in [5, 5.41) is 6.16. The number of nitrogens with one attached hydrogen (secondary N) is 3. The number of rotatable bonds is 3. The third-order valence-electron chi connectivity index (χ3n) is 2.86. The highest BCUT2D eigenvalue weighted by atomic mass is 16.2. The third kappa shape index (κ3) is 3.06. The zero-order valence-corrected chi connectivity index (χ0v) is 9.33. The molecule has 0 radical (unpaired) electrons. The molecule has 1 atom stereocenters. The first kappa shape index (κ1) is 11.1. The number of H-pyrrole nitrogens is 1. The SMILES string of the molecule is O=C(NCc1ncc[nH]1)C1CCCCCN1. The highest BCUT2D eigenvalue weighted by molar-refractivity contribution is 5.81. The van der Waals surface area contributed by atoms with Crippen molar-refractivity contribution in [1.82, 2.24) is 20.6 Å². The molecule has 3 N–H and O–H groups in total. The highest BCUT2D eigenvalue weighted by Gasteiger charge is 2.18. The van der Waals surface area contributed by atoms with Gasteiger partial charge in [-0.25, -0.2) is 4.98 Å². The Bertz CT molecular complexity index is 315. The molecule has 88 valence electrons. The van der Waals surface area contributed by atoms with E-state index in [1.807, 2.05) is 0 Å². The number of imidazole rings is 1. The fraction of sp³-hybridized carbons (Fsp3) is 0.636. The van der Waals surface area contributed by atoms with E-state index in [4.69, 9.17) is 0 Å². The van der Waals surface area contributed by atoms with Crippen molar-refractivity contribution in [2.75, 3.05) is 6.54 Å². The summed E-state index contributed by atoms with van der Waals surface area (Å²) in [5.74, 6) is 0.875. The van der Waals surface area contributed by atoms with Crippen molar-refractivity contribution in [2.24, 2.45) is 0 Å². The number of aromatic amines is 1. The Morgan fingerprint density at radius 2 is 2.44 bits per heavy atom. The molecule has 1 aliphatic heterocycles. The van der Waals surface area contributed by atoms with Gasteiger partial charge < -0.3 is 15.6 Å². The first-order valence-electron chi connectivity index (χ1n) is 5.85. The molecule has 2 rings (SSSR count). The lowest BCUT2D eigenvalue weighted by Gasteiger charge is -2.14. The number of hydrogen-bond donors (Lipinski definition) is 3. The fourth-order valence-corrected chi connectivity index (χ4v) is 1.94. The standard InChI is InChI=1S/C11H18N4O/c16-11(9-4-2-1-3-5-12-9)15-8-10-13-6-7-14-10/h6-7,9,12H,1-5,8H2,(H,13,14)(H,15,16). The number of amides is 1. The molecular weight excluding hydrogens is 204 g/mol. The predicted octanol–water partition coefficient (Wildman–Crippen LogP) is 0.558. The van der Waals surface area contributed by atoms with Crippen LogP contribution in [0.3, 0.4) is 0 Å². The van der Waals surface area contributed by atoms with E-state index in [-0.39, 0.29) is 11.9 Å². The highest BCUT2D eigenvalue weighted by Crippen LogP contribution is 2.08. The maximum Gasteiger partial charge on any atom is 0.237 e. The molecule has 5 nitrogen and oxygen atoms in total. The average molecular weight is 222 g/mol. The van der Waals surface area contributed by atoms with Crippen molar-refractivity contribution >= 4 is 5.91 Å². The van der Waals surface area contributed by atoms with Gasteiger partial charge in [0.2, 0.25) is 5.91 Å². The first-order chi connectivity index (χ1) is 7.86. The minimum Gasteiger partial charge on any atom is -0.348 e. The molecule has 1 aliphatic rings. The van der Waals surface area contributed by atoms with Gasteiger partial charge in [-0.3, -0.25) is 4.79 Å². The van der Waals surface area contributed by atoms with Crippen LogP contribution in [0.2, 0.25) is 0 Å². The van der Waals surface area contributed by atoms with Crippen molar-refractivity contribution in [2.45, 2.75) is 38.3 Å². The second-order valence-electron chi connectivity index (χ2n) is 4.11. The van der Waals surface area contributed by atoms with Gasteiger partial charge in [0, 0.05) is 12.4 Å². The molecule has 0 saturated carbocycles. The fourth-order valence-electron chi connectivity index (χ4n) is 1.94. The molecule has 1 fully saturated rings. The molecule has 1 saturated heterocycles. The largest absolute Gasteiger partial charge is 0.348 e. The van der Waals surface area contributed by atoms with Crippen LogP contribution in [-0.4, -0.2) is 28.5 Å². The molecule has 1 aromatic rings. The van der Waals surface area contributed by atoms with Gasteiger partial charge in [-0.1, -0.05) is 12.8 Å². The molecule has 1 amide bonds. The maximum absolute atomic E-state index is 11.8. The molecule has 1 aromatic heterocycles. The molecule has 5 heteroatoms. The van der Waals surface area contributed by atoms with E-state index >= 15 is 0 Å². The van der Waals surface area contributed by atoms with Gasteiger partial charge in [0.15, 0.2) is 0 Å². The van der Waals surface area contributed by atoms with Gasteiger partial charge in [-0.2, -0.15) is 0 Å². The van der Waals surface area contributed by atoms with Gasteiger partial charge in [0.05, 0.1) is 12.6 Å². The molecule has 0 bridgehead atoms. The number of hydrogen-bond acceptors (Lipinski definition) is 3. The van der Waals surface area contributed by atoms with Crippen molar-refractivity contribution < 1.29 is 4.79 Å². The molecule has 0 aromatic carbocycles. The lowest BCUT2D eigenvalue weighted by atomic mass is 10.1. The first-order valence-corrected chi connectivity index (χ1v) is 5.85. The van der Waals surface area contributed by atoms with Crippen LogP contribution in [-0.2, 0) is 11.3 Å². The van der Waals surface area contributed by atoms with Gasteiger partial charge >= 0.3 is 0 Å². The summed E-state index contributed by atoms with van der Waals surface area (Å²) in [7, 11) is 0. The Hall–Kier alpha value is -1.36. The monoisotopic (exact) mass is 222 g/mol. The van der Waals surface area contributed by atoms with Crippen molar-refractivity contribution in [3.63, 3.8) is 0 Å². The average Bonchev–Trinajstić information content (AvgIpc) is 2.66. The normalized spacial score (nSPS) is 21.4. The molecule has 0 spiro atoms. The van der Waals surface area contributed by atoms with Crippen molar-refractivity contribution in [3.8, 4) is 0 Å². The smallest absolute Gasteiger partial charge is 0.237 e. The maximum atomic E-state index is 11.8. The van der Waals surface area contributed by atoms with E-state index in [0.29, 0.717) is 6.54 Å². The number of carbonyl (C=O) groups is 1. The number of aromatic nitrogens is 2. The van der Waals surface area contributed by atoms with Crippen LogP contribution in [0.15, 0.2) is 12.4 Å². The summed E-state index contributed by atoms with van der Waals surface area (Å²) < 4.78 is 0. The van der Waals surface area contributed by atoms with E-state index < -0.39 is 0 Å². The van der Waals surface area contributed by atoms with Crippen LogP contribution in [0, 0.1) is 0 Å². The topological polar surface area (TPSA) is 69.8 Å². The van der Waals surface area contributed by atoms with E-state index in [0.717, 1.165) is 25.2 Å². The second-order valence-corrected chi connectivity index (χ2v) is 4.11. The van der Waals surface area contributed by atoms with Crippen LogP contribution >= 0.6 is 0 Å². The van der Waals surface area contributed by atoms with E-state index in [2.05, 4.69) is 20.6 Å². The Balaban J connectivity index is 1.78. The summed E-state index contributed by atoms with van der Waals surface area (Å²) in [6, 6.07) is -0.0301. The molecule has 1 unspecified atom stereocenters. The van der Waals surface area contributed by atoms with Gasteiger partial charge in [-0.05, 0) is 19.4 Å². The van der Waals surface area contributed by atoms with Crippen LogP contribution in [0.5, 0.6) is 0 Å². The van der Waals surface area contributed by atoms with Crippen molar-refractivity contribution in [3.05, 3.63) is 18.2 Å². The van der Waals surface area contributed by atoms with Crippen molar-refractivity contribution in [1.29, 1.82) is 0 Å². The summed E-state index contributed by atoms with van der Waals surface area (Å²) in [6.45, 7) is 1.42. The molecule has 16 heavy (non-hydrogen) atoms. The number of nitrogens with zero attached hydrogens (tertiary/aromatic N) is 1. The van der Waals surface area contributed by atoms with Crippen LogP contribution in [0.4, 0.5) is 0 Å². The van der Waals surface area contributed by atoms with Crippen LogP contribution < -0.4 is 10.6 Å². The Morgan fingerprint density at radius 1 is 1.50 bits per heavy atom. The predicted molar refractivity (Wildman–Crippen MR) is 60.7 cm³/mol. The molecule has 2 heterocycles. The van der Waals surface area contributed by atoms with E-state index in [1.54, 1.807) is 12.4 Å². The summed E-state index contributed by atoms with van der Waals surface area (Å²) in [4.78, 5) is 18.9. The Morgan fingerprint density at radius 3 is 3.25 bits per heavy atom. The van der Waals surface area contributed by atoms with Gasteiger partial charge in [-0.15, -0.1) is 0 Å². The Kier molecular flexibility index (Phi) is 3.93. The molecule has 0 aliphatic carbocycles. The summed E-state index contributed by atoms with van der Waals surface area (Å²) >= 11 is 0. The van der Waals surface area contributed by atoms with E-state index in [9.17, 15) is 4.79 Å². The Labute approximate surface area is 95.0 Å². The summed E-state index contributed by atoms with van der Waals surface area (Å²) in [5.41, 5.74) is 0. The lowest BCUT2D eigenvalue weighted by molar-refractivity contribution is -0.123. The molecular formula is C11H18N4O. The van der Waals surface area contributed by atoms with Crippen LogP contribution in [0.1, 0.15) is 31.5 Å². The zero-order chi connectivity index (χ0) is 11.2. The third-order valence-corrected chi connectivity index (χ3v) is 2.86. The lowest BCUT2D eigenvalue weighted by Crippen LogP contribution is -2.43. The minimum absolute atomic E-state index is 0.0301. The van der Waals surface area contributed by atoms with Gasteiger partial charge in [0.25, 0.3) is 0 Å². The second kappa shape index (κ2) is 5.65. The quantitative estimate of drug-likeness (QED) is 0.700.